The van der Waals surface area contributed by atoms with Crippen LogP contribution < -0.4 is 0 Å². The number of ketones is 1. The minimum atomic E-state index is -3.03. The van der Waals surface area contributed by atoms with Gasteiger partial charge in [-0.05, 0) is 76.1 Å². The summed E-state index contributed by atoms with van der Waals surface area (Å²) in [7, 11) is -1.30. The Balaban J connectivity index is 1.44. The van der Waals surface area contributed by atoms with Crippen LogP contribution in [0.15, 0.2) is 47.8 Å². The Morgan fingerprint density at radius 2 is 2.05 bits per heavy atom. The Morgan fingerprint density at radius 1 is 1.24 bits per heavy atom. The molecular weight excluding hydrogens is 563 g/mol. The Morgan fingerprint density at radius 3 is 2.68 bits per heavy atom. The first-order chi connectivity index (χ1) is 19.5. The average molecular weight is 595 g/mol. The third-order valence-corrected chi connectivity index (χ3v) is 11.0. The maximum absolute atomic E-state index is 14.4. The van der Waals surface area contributed by atoms with Crippen LogP contribution in [0.4, 0.5) is 4.39 Å². The van der Waals surface area contributed by atoms with Gasteiger partial charge in [0.2, 0.25) is 16.9 Å². The number of aryl methyl sites for hydroxylation is 2. The summed E-state index contributed by atoms with van der Waals surface area (Å²) in [6.45, 7) is 5.90. The van der Waals surface area contributed by atoms with Gasteiger partial charge in [0.05, 0.1) is 38.9 Å². The minimum absolute atomic E-state index is 0.0383. The zero-order valence-electron chi connectivity index (χ0n) is 23.3. The lowest BCUT2D eigenvalue weighted by molar-refractivity contribution is 0.0731. The van der Waals surface area contributed by atoms with Crippen molar-refractivity contribution < 1.29 is 13.4 Å². The summed E-state index contributed by atoms with van der Waals surface area (Å²) >= 11 is 1.39. The van der Waals surface area contributed by atoms with Crippen molar-refractivity contribution in [1.29, 1.82) is 0 Å². The van der Waals surface area contributed by atoms with Gasteiger partial charge >= 0.3 is 0 Å². The monoisotopic (exact) mass is 594 g/mol. The molecule has 1 fully saturated rings. The second kappa shape index (κ2) is 10.1. The summed E-state index contributed by atoms with van der Waals surface area (Å²) in [5.41, 5.74) is 2.49. The number of rotatable bonds is 7. The molecule has 0 spiro atoms. The molecule has 41 heavy (non-hydrogen) atoms. The van der Waals surface area contributed by atoms with Crippen LogP contribution in [-0.2, 0) is 23.2 Å². The van der Waals surface area contributed by atoms with Crippen molar-refractivity contribution in [3.63, 3.8) is 0 Å². The molecule has 0 amide bonds. The van der Waals surface area contributed by atoms with Crippen LogP contribution in [0.5, 0.6) is 0 Å². The molecule has 1 saturated carbocycles. The number of carbonyl (C=O) groups excluding carboxylic acids is 1. The third kappa shape index (κ3) is 4.65. The first-order valence-corrected chi connectivity index (χ1v) is 15.9. The van der Waals surface area contributed by atoms with E-state index in [4.69, 9.17) is 0 Å². The van der Waals surface area contributed by atoms with Crippen LogP contribution >= 0.6 is 11.3 Å². The summed E-state index contributed by atoms with van der Waals surface area (Å²) in [5.74, 6) is 3.52. The molecule has 214 valence electrons. The highest BCUT2D eigenvalue weighted by molar-refractivity contribution is 7.98. The lowest BCUT2D eigenvalue weighted by Crippen LogP contribution is -2.52. The van der Waals surface area contributed by atoms with Crippen molar-refractivity contribution in [2.75, 3.05) is 0 Å². The number of aromatic nitrogens is 7. The predicted molar refractivity (Wildman–Crippen MR) is 156 cm³/mol. The number of fused-ring (bicyclic) bond motifs is 2. The molecule has 10 nitrogen and oxygen atoms in total. The first-order valence-electron chi connectivity index (χ1n) is 13.4. The summed E-state index contributed by atoms with van der Waals surface area (Å²) in [6, 6.07) is 2.58. The highest BCUT2D eigenvalue weighted by atomic mass is 32.2. The lowest BCUT2D eigenvalue weighted by Gasteiger charge is -2.47. The largest absolute Gasteiger partial charge is 0.290 e. The van der Waals surface area contributed by atoms with Crippen molar-refractivity contribution in [3.8, 4) is 5.69 Å². The van der Waals surface area contributed by atoms with Crippen molar-refractivity contribution in [1.82, 2.24) is 38.8 Å². The molecule has 2 aliphatic carbocycles. The smallest absolute Gasteiger partial charge is 0.244 e. The molecule has 6 rings (SSSR count). The van der Waals surface area contributed by atoms with Gasteiger partial charge < -0.3 is 0 Å². The lowest BCUT2D eigenvalue weighted by atomic mass is 9.61. The molecule has 0 saturated heterocycles. The van der Waals surface area contributed by atoms with Gasteiger partial charge in [-0.2, -0.15) is 9.49 Å². The van der Waals surface area contributed by atoms with E-state index in [2.05, 4.69) is 31.0 Å². The molecule has 4 heterocycles. The normalized spacial score (nSPS) is 21.8. The van der Waals surface area contributed by atoms with Crippen LogP contribution in [0.3, 0.4) is 0 Å². The topological polar surface area (TPSA) is 112 Å². The van der Waals surface area contributed by atoms with Crippen molar-refractivity contribution in [2.24, 2.45) is 12.5 Å². The number of Topliss-reactive ketones (excluding diaryl/α,β-unsaturated/α-hetero) is 1. The zero-order chi connectivity index (χ0) is 29.1. The number of halogens is 1. The zero-order valence-corrected chi connectivity index (χ0v) is 25.0. The molecule has 0 radical (unpaired) electrons. The van der Waals surface area contributed by atoms with Gasteiger partial charge in [-0.1, -0.05) is 5.57 Å². The van der Waals surface area contributed by atoms with Gasteiger partial charge in [0.25, 0.3) is 0 Å². The van der Waals surface area contributed by atoms with Gasteiger partial charge in [0.15, 0.2) is 5.01 Å². The van der Waals surface area contributed by atoms with Gasteiger partial charge in [-0.25, -0.2) is 28.1 Å². The van der Waals surface area contributed by atoms with E-state index in [1.165, 1.54) is 34.6 Å². The third-order valence-electron chi connectivity index (χ3n) is 7.91. The molecule has 3 atom stereocenters. The van der Waals surface area contributed by atoms with E-state index in [9.17, 15) is 13.4 Å². The Labute approximate surface area is 242 Å². The summed E-state index contributed by atoms with van der Waals surface area (Å²) in [5, 5.41) is 9.57. The SMILES string of the molecule is C=S(=O)(c1ncn(C)n1)N(C(C)C)[C@H]1CCC2=Cc3c(cnn3-c3ccc(F)nc3)C[C@]2(C(=O)c2ncc(C)s2)C1. The van der Waals surface area contributed by atoms with E-state index >= 15 is 0 Å². The van der Waals surface area contributed by atoms with Gasteiger partial charge in [0.1, 0.15) is 6.33 Å². The van der Waals surface area contributed by atoms with Crippen LogP contribution in [-0.4, -0.2) is 66.8 Å². The van der Waals surface area contributed by atoms with Crippen LogP contribution in [0.1, 0.15) is 59.0 Å². The molecule has 4 aromatic heterocycles. The number of pyridine rings is 1. The Hall–Kier alpha value is -3.55. The van der Waals surface area contributed by atoms with E-state index in [0.29, 0.717) is 36.4 Å². The number of allylic oxidation sites excluding steroid dienone is 1. The summed E-state index contributed by atoms with van der Waals surface area (Å²) in [4.78, 5) is 27.9. The Bertz CT molecular complexity index is 1770. The second-order valence-corrected chi connectivity index (χ2v) is 14.3. The standard InChI is InChI=1S/C28H31FN8O2S2/c1-17(2)37(41(5,39)27-32-16-35(4)34-27)21-7-6-20-10-23-19(14-33-36(23)22-8-9-24(29)30-15-22)11-28(20,12-21)25(38)26-31-13-18(3)40-26/h8-10,13-17,21H,5-7,11-12H2,1-4H3/t21-,28-,41?/m0/s1. The fourth-order valence-corrected chi connectivity index (χ4v) is 9.03. The number of carbonyl (C=O) groups is 1. The van der Waals surface area contributed by atoms with Crippen molar-refractivity contribution in [3.05, 3.63) is 69.7 Å². The molecule has 0 aromatic carbocycles. The van der Waals surface area contributed by atoms with Crippen molar-refractivity contribution in [2.45, 2.75) is 63.7 Å². The molecule has 4 aromatic rings. The minimum Gasteiger partial charge on any atom is -0.290 e. The van der Waals surface area contributed by atoms with Crippen LogP contribution in [0.25, 0.3) is 11.8 Å². The maximum atomic E-state index is 14.4. The summed E-state index contributed by atoms with van der Waals surface area (Å²) < 4.78 is 32.9. The van der Waals surface area contributed by atoms with E-state index in [1.807, 2.05) is 31.2 Å². The van der Waals surface area contributed by atoms with Crippen molar-refractivity contribution >= 4 is 38.8 Å². The molecule has 0 bridgehead atoms. The molecular formula is C28H31FN8O2S2. The van der Waals surface area contributed by atoms with Gasteiger partial charge in [-0.3, -0.25) is 9.48 Å². The van der Waals surface area contributed by atoms with E-state index in [0.717, 1.165) is 21.7 Å². The van der Waals surface area contributed by atoms with Crippen LogP contribution in [0.2, 0.25) is 0 Å². The number of hydrogen-bond donors (Lipinski definition) is 0. The number of thiazole rings is 1. The van der Waals surface area contributed by atoms with E-state index in [-0.39, 0.29) is 23.0 Å². The first kappa shape index (κ1) is 27.6. The predicted octanol–water partition coefficient (Wildman–Crippen LogP) is 4.06. The fourth-order valence-electron chi connectivity index (χ4n) is 6.23. The maximum Gasteiger partial charge on any atom is 0.244 e. The molecule has 0 aliphatic heterocycles. The number of hydrogen-bond acceptors (Lipinski definition) is 8. The summed E-state index contributed by atoms with van der Waals surface area (Å²) in [6.07, 6.45) is 10.7. The molecule has 1 unspecified atom stereocenters. The highest BCUT2D eigenvalue weighted by Crippen LogP contribution is 2.52. The molecule has 0 N–H and O–H groups in total. The average Bonchev–Trinajstić information content (AvgIpc) is 3.67. The van der Waals surface area contributed by atoms with Gasteiger partial charge in [-0.15, -0.1) is 16.4 Å². The van der Waals surface area contributed by atoms with E-state index in [1.54, 1.807) is 30.2 Å². The quantitative estimate of drug-likeness (QED) is 0.180. The highest BCUT2D eigenvalue weighted by Gasteiger charge is 2.52. The Kier molecular flexibility index (Phi) is 6.78. The number of nitrogens with zero attached hydrogens (tertiary/aromatic N) is 8. The second-order valence-electron chi connectivity index (χ2n) is 11.0. The van der Waals surface area contributed by atoms with E-state index < -0.39 is 21.1 Å². The molecule has 13 heteroatoms. The fraction of sp³-hybridized carbons (Fsp3) is 0.393. The van der Waals surface area contributed by atoms with Gasteiger partial charge in [0, 0.05) is 30.2 Å². The van der Waals surface area contributed by atoms with Crippen LogP contribution in [0, 0.1) is 18.3 Å². The molecule has 2 aliphatic rings.